The molecule has 2 aromatic carbocycles. The van der Waals surface area contributed by atoms with Crippen LogP contribution in [-0.4, -0.2) is 58.6 Å². The number of fused-ring (bicyclic) bond motifs is 3. The molecule has 1 aliphatic heterocycles. The second-order valence-corrected chi connectivity index (χ2v) is 13.4. The van der Waals surface area contributed by atoms with Crippen LogP contribution in [0.2, 0.25) is 0 Å². The number of nitrogens with one attached hydrogen (secondary N) is 2. The number of aromatic nitrogens is 2. The number of halogens is 1. The summed E-state index contributed by atoms with van der Waals surface area (Å²) in [6.07, 6.45) is 5.12. The van der Waals surface area contributed by atoms with Crippen LogP contribution in [0.5, 0.6) is 5.75 Å². The van der Waals surface area contributed by atoms with E-state index >= 15 is 0 Å². The third kappa shape index (κ3) is 5.78. The first-order valence-electron chi connectivity index (χ1n) is 15.7. The fourth-order valence-electron chi connectivity index (χ4n) is 7.62. The summed E-state index contributed by atoms with van der Waals surface area (Å²) in [7, 11) is 1.50. The van der Waals surface area contributed by atoms with Crippen molar-refractivity contribution >= 4 is 28.5 Å². The molecule has 4 fully saturated rings. The van der Waals surface area contributed by atoms with E-state index in [0.29, 0.717) is 64.9 Å². The molecule has 1 aromatic heterocycles. The average molecular weight is 603 g/mol. The summed E-state index contributed by atoms with van der Waals surface area (Å²) in [6, 6.07) is 10.6. The molecule has 3 unspecified atom stereocenters. The van der Waals surface area contributed by atoms with E-state index in [1.807, 2.05) is 12.1 Å². The summed E-state index contributed by atoms with van der Waals surface area (Å²) < 4.78 is 21.0. The fourth-order valence-corrected chi connectivity index (χ4v) is 7.62. The van der Waals surface area contributed by atoms with Crippen LogP contribution in [-0.2, 0) is 17.8 Å². The van der Waals surface area contributed by atoms with Gasteiger partial charge in [0, 0.05) is 44.4 Å². The van der Waals surface area contributed by atoms with Gasteiger partial charge in [0.25, 0.3) is 5.56 Å². The molecule has 0 radical (unpaired) electrons. The Morgan fingerprint density at radius 1 is 1.20 bits per heavy atom. The van der Waals surface area contributed by atoms with Gasteiger partial charge in [-0.05, 0) is 78.7 Å². The molecule has 9 nitrogen and oxygen atoms in total. The van der Waals surface area contributed by atoms with Crippen molar-refractivity contribution in [2.75, 3.05) is 25.5 Å². The molecular weight excluding hydrogens is 559 g/mol. The molecule has 44 heavy (non-hydrogen) atoms. The van der Waals surface area contributed by atoms with Gasteiger partial charge < -0.3 is 20.3 Å². The first kappa shape index (κ1) is 30.1. The largest absolute Gasteiger partial charge is 0.497 e. The Balaban J connectivity index is 1.22. The number of likely N-dealkylation sites (tertiary alicyclic amines) is 1. The zero-order valence-corrected chi connectivity index (χ0v) is 26.3. The van der Waals surface area contributed by atoms with Gasteiger partial charge in [-0.1, -0.05) is 26.8 Å². The van der Waals surface area contributed by atoms with Crippen molar-refractivity contribution in [2.24, 2.45) is 28.2 Å². The number of carbonyl (C=O) groups is 1. The quantitative estimate of drug-likeness (QED) is 0.297. The summed E-state index contributed by atoms with van der Waals surface area (Å²) in [5.41, 5.74) is 2.11. The number of nitrogens with zero attached hydrogens (tertiary/aromatic N) is 4. The van der Waals surface area contributed by atoms with Gasteiger partial charge in [0.2, 0.25) is 5.91 Å². The molecule has 1 saturated heterocycles. The van der Waals surface area contributed by atoms with Crippen LogP contribution in [0.25, 0.3) is 10.9 Å². The third-order valence-corrected chi connectivity index (χ3v) is 10.5. The SMILES string of the molecule is COc1ccc(CCn2cnc3cc(NC(=NC4C[C@@H]5C[C@H](C4C)C5(C)C)N4CCC(NC(C)=O)C4)ccc3c2=O)c(F)c1. The highest BCUT2D eigenvalue weighted by Gasteiger charge is 2.56. The van der Waals surface area contributed by atoms with Gasteiger partial charge in [0.15, 0.2) is 5.96 Å². The van der Waals surface area contributed by atoms with Crippen LogP contribution in [0, 0.1) is 29.0 Å². The van der Waals surface area contributed by atoms with Gasteiger partial charge in [0.1, 0.15) is 11.6 Å². The molecule has 4 aliphatic rings. The number of hydrogen-bond acceptors (Lipinski definition) is 5. The Kier molecular flexibility index (Phi) is 8.11. The zero-order chi connectivity index (χ0) is 31.2. The maximum atomic E-state index is 14.4. The van der Waals surface area contributed by atoms with Crippen molar-refractivity contribution in [1.82, 2.24) is 19.8 Å². The number of aliphatic imine (C=N–C) groups is 1. The van der Waals surface area contributed by atoms with E-state index in [2.05, 4.69) is 41.3 Å². The summed E-state index contributed by atoms with van der Waals surface area (Å²) in [5, 5.41) is 7.12. The van der Waals surface area contributed by atoms with E-state index in [4.69, 9.17) is 9.73 Å². The molecule has 2 N–H and O–H groups in total. The van der Waals surface area contributed by atoms with E-state index in [-0.39, 0.29) is 29.4 Å². The van der Waals surface area contributed by atoms with Crippen molar-refractivity contribution in [3.05, 3.63) is 64.5 Å². The minimum atomic E-state index is -0.357. The van der Waals surface area contributed by atoms with E-state index in [1.54, 1.807) is 25.1 Å². The maximum Gasteiger partial charge on any atom is 0.261 e. The van der Waals surface area contributed by atoms with Crippen LogP contribution in [0.3, 0.4) is 0 Å². The molecule has 3 aromatic rings. The van der Waals surface area contributed by atoms with E-state index in [0.717, 1.165) is 31.0 Å². The minimum absolute atomic E-state index is 0.0214. The lowest BCUT2D eigenvalue weighted by molar-refractivity contribution is -0.119. The molecule has 7 rings (SSSR count). The summed E-state index contributed by atoms with van der Waals surface area (Å²) in [6.45, 7) is 10.5. The third-order valence-electron chi connectivity index (χ3n) is 10.5. The maximum absolute atomic E-state index is 14.4. The van der Waals surface area contributed by atoms with Crippen molar-refractivity contribution < 1.29 is 13.9 Å². The molecule has 0 spiro atoms. The lowest BCUT2D eigenvalue weighted by atomic mass is 9.45. The molecule has 10 heteroatoms. The Morgan fingerprint density at radius 2 is 2.02 bits per heavy atom. The van der Waals surface area contributed by atoms with Gasteiger partial charge in [-0.3, -0.25) is 14.2 Å². The number of anilines is 1. The van der Waals surface area contributed by atoms with Crippen LogP contribution in [0.1, 0.15) is 52.5 Å². The molecule has 1 amide bonds. The molecule has 5 atom stereocenters. The number of methoxy groups -OCH3 is 1. The molecular formula is C34H43FN6O3. The molecule has 2 bridgehead atoms. The highest BCUT2D eigenvalue weighted by molar-refractivity contribution is 5.96. The Morgan fingerprint density at radius 3 is 2.73 bits per heavy atom. The highest BCUT2D eigenvalue weighted by Crippen LogP contribution is 2.61. The lowest BCUT2D eigenvalue weighted by Gasteiger charge is -2.61. The van der Waals surface area contributed by atoms with E-state index < -0.39 is 0 Å². The zero-order valence-electron chi connectivity index (χ0n) is 26.3. The Bertz CT molecular complexity index is 1650. The molecule has 3 aliphatic carbocycles. The number of rotatable bonds is 7. The first-order valence-corrected chi connectivity index (χ1v) is 15.7. The summed E-state index contributed by atoms with van der Waals surface area (Å²) >= 11 is 0. The van der Waals surface area contributed by atoms with Crippen molar-refractivity contribution in [3.63, 3.8) is 0 Å². The average Bonchev–Trinajstić information content (AvgIpc) is 3.45. The summed E-state index contributed by atoms with van der Waals surface area (Å²) in [4.78, 5) is 37.2. The number of amides is 1. The number of aryl methyl sites for hydroxylation is 2. The van der Waals surface area contributed by atoms with Crippen LogP contribution < -0.4 is 20.9 Å². The number of guanidine groups is 1. The number of hydrogen-bond donors (Lipinski definition) is 2. The van der Waals surface area contributed by atoms with Crippen LogP contribution in [0.4, 0.5) is 10.1 Å². The van der Waals surface area contributed by atoms with Crippen LogP contribution in [0.15, 0.2) is 52.5 Å². The minimum Gasteiger partial charge on any atom is -0.497 e. The van der Waals surface area contributed by atoms with Crippen molar-refractivity contribution in [3.8, 4) is 5.75 Å². The topological polar surface area (TPSA) is 101 Å². The fraction of sp³-hybridized carbons (Fsp3) is 0.529. The number of benzene rings is 2. The highest BCUT2D eigenvalue weighted by atomic mass is 19.1. The predicted molar refractivity (Wildman–Crippen MR) is 170 cm³/mol. The molecule has 2 heterocycles. The van der Waals surface area contributed by atoms with E-state index in [9.17, 15) is 14.0 Å². The van der Waals surface area contributed by atoms with Crippen LogP contribution >= 0.6 is 0 Å². The van der Waals surface area contributed by atoms with Gasteiger partial charge in [-0.25, -0.2) is 14.4 Å². The first-order chi connectivity index (χ1) is 21.0. The Labute approximate surface area is 257 Å². The van der Waals surface area contributed by atoms with Crippen molar-refractivity contribution in [1.29, 1.82) is 0 Å². The molecule has 3 saturated carbocycles. The number of carbonyl (C=O) groups excluding carboxylic acids is 1. The smallest absolute Gasteiger partial charge is 0.261 e. The van der Waals surface area contributed by atoms with Gasteiger partial charge in [-0.2, -0.15) is 0 Å². The van der Waals surface area contributed by atoms with E-state index in [1.165, 1.54) is 30.5 Å². The monoisotopic (exact) mass is 602 g/mol. The normalized spacial score (nSPS) is 25.9. The number of ether oxygens (including phenoxy) is 1. The second-order valence-electron chi connectivity index (χ2n) is 13.4. The van der Waals surface area contributed by atoms with Gasteiger partial charge in [0.05, 0.1) is 30.4 Å². The van der Waals surface area contributed by atoms with Gasteiger partial charge >= 0.3 is 0 Å². The molecule has 234 valence electrons. The Hall–Kier alpha value is -3.95. The predicted octanol–water partition coefficient (Wildman–Crippen LogP) is 4.84. The lowest BCUT2D eigenvalue weighted by Crippen LogP contribution is -2.56. The summed E-state index contributed by atoms with van der Waals surface area (Å²) in [5.74, 6) is 2.75. The van der Waals surface area contributed by atoms with Crippen molar-refractivity contribution in [2.45, 2.75) is 72.0 Å². The second kappa shape index (κ2) is 11.9. The standard InChI is InChI=1S/C34H43FN6O3/c1-20-28-14-23(34(28,3)4)15-30(20)39-33(40-13-11-25(18-40)37-21(2)42)38-24-7-9-27-31(16-24)36-19-41(32(27)43)12-10-22-6-8-26(44-5)17-29(22)35/h6-9,16-17,19-20,23,25,28,30H,10-15,18H2,1-5H3,(H,37,42)(H,38,39)/t20?,23-,25?,28+,30?/m0/s1. The van der Waals surface area contributed by atoms with Gasteiger partial charge in [-0.15, -0.1) is 0 Å².